The Hall–Kier alpha value is -9.40. The maximum absolute atomic E-state index is 12.7. The summed E-state index contributed by atoms with van der Waals surface area (Å²) in [6.45, 7) is 4.34. The standard InChI is InChI=1S/C64H38N6S/c1-37-33-48-46-31-32-47-45-23-9-16-30-58(45)71-64(47)63(46)70(57(48)34-38(37)2)62-50(36-66)60(68-53-26-12-5-19-41(53)42-20-6-13-27-54(42)68)59(67-51-24-10-3-17-39(51)40-18-4-11-25-52(40)67)49(35-65)61(62)69-55-28-14-7-21-43(55)44-22-8-15-29-56(44)69/h3-34H,1-2H3. The monoisotopic (exact) mass is 922 g/mol. The van der Waals surface area contributed by atoms with E-state index in [1.54, 1.807) is 11.3 Å². The average Bonchev–Trinajstić information content (AvgIpc) is 4.21. The normalized spacial score (nSPS) is 12.1. The van der Waals surface area contributed by atoms with Gasteiger partial charge in [-0.05, 0) is 79.6 Å². The maximum Gasteiger partial charge on any atom is 0.104 e. The Labute approximate surface area is 410 Å². The smallest absolute Gasteiger partial charge is 0.104 e. The van der Waals surface area contributed by atoms with Crippen LogP contribution in [0, 0.1) is 36.5 Å². The van der Waals surface area contributed by atoms with E-state index >= 15 is 0 Å². The number of rotatable bonds is 4. The van der Waals surface area contributed by atoms with E-state index < -0.39 is 0 Å². The molecule has 6 nitrogen and oxygen atoms in total. The molecule has 71 heavy (non-hydrogen) atoms. The molecule has 0 fully saturated rings. The predicted octanol–water partition coefficient (Wildman–Crippen LogP) is 16.8. The molecule has 5 heterocycles. The fourth-order valence-corrected chi connectivity index (χ4v) is 13.3. The molecule has 15 rings (SSSR count). The number of thiophene rings is 1. The molecular weight excluding hydrogens is 885 g/mol. The van der Waals surface area contributed by atoms with Crippen molar-refractivity contribution in [2.45, 2.75) is 13.8 Å². The molecule has 5 aromatic heterocycles. The first kappa shape index (κ1) is 39.6. The topological polar surface area (TPSA) is 67.3 Å². The number of fused-ring (bicyclic) bond motifs is 16. The molecule has 10 aromatic carbocycles. The van der Waals surface area contributed by atoms with E-state index in [1.165, 1.54) is 15.6 Å². The molecule has 7 heteroatoms. The lowest BCUT2D eigenvalue weighted by Crippen LogP contribution is -2.16. The zero-order chi connectivity index (χ0) is 47.2. The van der Waals surface area contributed by atoms with Gasteiger partial charge >= 0.3 is 0 Å². The Morgan fingerprint density at radius 1 is 0.324 bits per heavy atom. The molecule has 0 spiro atoms. The van der Waals surface area contributed by atoms with Gasteiger partial charge in [-0.3, -0.25) is 0 Å². The van der Waals surface area contributed by atoms with Crippen molar-refractivity contribution in [2.75, 3.05) is 0 Å². The van der Waals surface area contributed by atoms with Crippen molar-refractivity contribution in [1.29, 1.82) is 10.5 Å². The molecule has 0 saturated carbocycles. The van der Waals surface area contributed by atoms with Crippen LogP contribution in [0.25, 0.3) is 130 Å². The molecule has 0 radical (unpaired) electrons. The quantitative estimate of drug-likeness (QED) is 0.176. The minimum atomic E-state index is 0.441. The zero-order valence-electron chi connectivity index (χ0n) is 38.6. The minimum absolute atomic E-state index is 0.441. The highest BCUT2D eigenvalue weighted by molar-refractivity contribution is 7.26. The molecule has 0 aliphatic heterocycles. The average molecular weight is 923 g/mol. The summed E-state index contributed by atoms with van der Waals surface area (Å²) in [6, 6.07) is 74.4. The van der Waals surface area contributed by atoms with Gasteiger partial charge in [0.05, 0.1) is 71.6 Å². The second-order valence-electron chi connectivity index (χ2n) is 18.7. The van der Waals surface area contributed by atoms with Crippen molar-refractivity contribution in [1.82, 2.24) is 18.3 Å². The molecule has 0 bridgehead atoms. The third-order valence-corrected chi connectivity index (χ3v) is 16.3. The summed E-state index contributed by atoms with van der Waals surface area (Å²) in [5.41, 5.74) is 13.3. The number of hydrogen-bond donors (Lipinski definition) is 0. The molecule has 0 aliphatic rings. The van der Waals surface area contributed by atoms with Crippen LogP contribution in [-0.4, -0.2) is 18.3 Å². The number of hydrogen-bond acceptors (Lipinski definition) is 3. The van der Waals surface area contributed by atoms with Crippen LogP contribution < -0.4 is 0 Å². The van der Waals surface area contributed by atoms with Crippen LogP contribution in [0.15, 0.2) is 194 Å². The van der Waals surface area contributed by atoms with Gasteiger partial charge in [0.1, 0.15) is 23.3 Å². The van der Waals surface area contributed by atoms with Crippen LogP contribution in [0.2, 0.25) is 0 Å². The molecule has 15 aromatic rings. The predicted molar refractivity (Wildman–Crippen MR) is 296 cm³/mol. The van der Waals surface area contributed by atoms with Crippen LogP contribution in [0.4, 0.5) is 0 Å². The van der Waals surface area contributed by atoms with Gasteiger partial charge in [0.25, 0.3) is 0 Å². The first-order chi connectivity index (χ1) is 35.0. The summed E-state index contributed by atoms with van der Waals surface area (Å²) in [5, 5.41) is 36.2. The van der Waals surface area contributed by atoms with E-state index in [2.05, 4.69) is 238 Å². The van der Waals surface area contributed by atoms with Gasteiger partial charge in [-0.25, -0.2) is 0 Å². The molecule has 0 unspecified atom stereocenters. The molecule has 330 valence electrons. The van der Waals surface area contributed by atoms with E-state index in [9.17, 15) is 10.5 Å². The first-order valence-corrected chi connectivity index (χ1v) is 24.7. The molecule has 0 amide bonds. The Morgan fingerprint density at radius 3 is 1.07 bits per heavy atom. The van der Waals surface area contributed by atoms with E-state index in [4.69, 9.17) is 0 Å². The van der Waals surface area contributed by atoms with Crippen LogP contribution in [0.3, 0.4) is 0 Å². The van der Waals surface area contributed by atoms with Crippen LogP contribution >= 0.6 is 11.3 Å². The van der Waals surface area contributed by atoms with Crippen molar-refractivity contribution in [2.24, 2.45) is 0 Å². The Morgan fingerprint density at radius 2 is 0.662 bits per heavy atom. The highest BCUT2D eigenvalue weighted by Crippen LogP contribution is 2.50. The van der Waals surface area contributed by atoms with Gasteiger partial charge in [0.2, 0.25) is 0 Å². The van der Waals surface area contributed by atoms with Crippen molar-refractivity contribution in [3.05, 3.63) is 216 Å². The largest absolute Gasteiger partial charge is 0.306 e. The molecule has 0 saturated heterocycles. The first-order valence-electron chi connectivity index (χ1n) is 23.9. The summed E-state index contributed by atoms with van der Waals surface area (Å²) < 4.78 is 11.5. The van der Waals surface area contributed by atoms with Crippen molar-refractivity contribution in [3.8, 4) is 34.9 Å². The van der Waals surface area contributed by atoms with Crippen LogP contribution in [-0.2, 0) is 0 Å². The van der Waals surface area contributed by atoms with Gasteiger partial charge in [-0.2, -0.15) is 10.5 Å². The lowest BCUT2D eigenvalue weighted by molar-refractivity contribution is 1.02. The Balaban J connectivity index is 1.30. The van der Waals surface area contributed by atoms with Crippen molar-refractivity contribution in [3.63, 3.8) is 0 Å². The van der Waals surface area contributed by atoms with Gasteiger partial charge in [-0.1, -0.05) is 140 Å². The van der Waals surface area contributed by atoms with E-state index in [-0.39, 0.29) is 0 Å². The van der Waals surface area contributed by atoms with Gasteiger partial charge in [-0.15, -0.1) is 11.3 Å². The molecule has 0 aliphatic carbocycles. The van der Waals surface area contributed by atoms with Gasteiger partial charge in [0, 0.05) is 58.6 Å². The number of aromatic nitrogens is 4. The van der Waals surface area contributed by atoms with Crippen LogP contribution in [0.1, 0.15) is 22.3 Å². The number of nitrogens with zero attached hydrogens (tertiary/aromatic N) is 6. The van der Waals surface area contributed by atoms with Crippen molar-refractivity contribution >= 4 is 119 Å². The second kappa shape index (κ2) is 14.6. The number of para-hydroxylation sites is 6. The summed E-state index contributed by atoms with van der Waals surface area (Å²) in [7, 11) is 0. The molecule has 0 N–H and O–H groups in total. The van der Waals surface area contributed by atoms with Crippen molar-refractivity contribution < 1.29 is 0 Å². The number of aryl methyl sites for hydroxylation is 2. The third-order valence-electron chi connectivity index (χ3n) is 15.1. The summed E-state index contributed by atoms with van der Waals surface area (Å²) in [4.78, 5) is 0. The Bertz CT molecular complexity index is 4780. The lowest BCUT2D eigenvalue weighted by atomic mass is 9.98. The van der Waals surface area contributed by atoms with Gasteiger partial charge in [0.15, 0.2) is 0 Å². The summed E-state index contributed by atoms with van der Waals surface area (Å²) >= 11 is 1.78. The highest BCUT2D eigenvalue weighted by Gasteiger charge is 2.35. The SMILES string of the molecule is Cc1cc2c3ccc4c5ccccc5sc4c3n(-c3c(C#N)c(-n4c5ccccc5c5ccccc54)c(-n4c5ccccc5c5ccccc54)c(C#N)c3-n3c4ccccc4c4ccccc43)c2cc1C. The summed E-state index contributed by atoms with van der Waals surface area (Å²) in [5.74, 6) is 0. The van der Waals surface area contributed by atoms with Crippen LogP contribution in [0.5, 0.6) is 0 Å². The third kappa shape index (κ3) is 5.17. The van der Waals surface area contributed by atoms with Gasteiger partial charge < -0.3 is 18.3 Å². The highest BCUT2D eigenvalue weighted by atomic mass is 32.1. The second-order valence-corrected chi connectivity index (χ2v) is 19.8. The van der Waals surface area contributed by atoms with E-state index in [0.717, 1.165) is 103 Å². The number of benzene rings is 10. The maximum atomic E-state index is 12.7. The van der Waals surface area contributed by atoms with E-state index in [0.29, 0.717) is 33.9 Å². The molecular formula is C64H38N6S. The fourth-order valence-electron chi connectivity index (χ4n) is 12.0. The lowest BCUT2D eigenvalue weighted by Gasteiger charge is -2.27. The number of nitriles is 2. The Kier molecular flexibility index (Phi) is 8.12. The summed E-state index contributed by atoms with van der Waals surface area (Å²) in [6.07, 6.45) is 0. The van der Waals surface area contributed by atoms with E-state index in [1.807, 2.05) is 0 Å². The zero-order valence-corrected chi connectivity index (χ0v) is 39.4. The minimum Gasteiger partial charge on any atom is -0.306 e. The fraction of sp³-hybridized carbons (Fsp3) is 0.0312. The molecule has 0 atom stereocenters.